The first-order chi connectivity index (χ1) is 6.20. The summed E-state index contributed by atoms with van der Waals surface area (Å²) in [7, 11) is 1.57. The fourth-order valence-corrected chi connectivity index (χ4v) is 2.26. The van der Waals surface area contributed by atoms with Gasteiger partial charge >= 0.3 is 0 Å². The molecule has 0 aromatic heterocycles. The van der Waals surface area contributed by atoms with E-state index in [1.54, 1.807) is 14.0 Å². The summed E-state index contributed by atoms with van der Waals surface area (Å²) in [4.78, 5) is 11.4. The maximum Gasteiger partial charge on any atom is 0.249 e. The van der Waals surface area contributed by atoms with Crippen LogP contribution in [-0.2, 0) is 9.53 Å². The van der Waals surface area contributed by atoms with E-state index in [4.69, 9.17) is 4.74 Å². The molecule has 0 saturated heterocycles. The Morgan fingerprint density at radius 2 is 2.00 bits per heavy atom. The number of amides is 1. The highest BCUT2D eigenvalue weighted by molar-refractivity contribution is 5.80. The number of carbonyl (C=O) groups excluding carboxylic acids is 1. The lowest BCUT2D eigenvalue weighted by molar-refractivity contribution is -0.130. The van der Waals surface area contributed by atoms with Gasteiger partial charge < -0.3 is 10.1 Å². The Balaban J connectivity index is 1.75. The molecule has 0 aliphatic heterocycles. The summed E-state index contributed by atoms with van der Waals surface area (Å²) in [6.45, 7) is 1.78. The smallest absolute Gasteiger partial charge is 0.249 e. The minimum absolute atomic E-state index is 0.0359. The van der Waals surface area contributed by atoms with E-state index in [-0.39, 0.29) is 12.0 Å². The van der Waals surface area contributed by atoms with Gasteiger partial charge in [-0.3, -0.25) is 4.79 Å². The SMILES string of the molecule is COC(C)C(=O)NC1CC2CC2C1. The minimum atomic E-state index is -0.308. The molecule has 0 aromatic rings. The van der Waals surface area contributed by atoms with Crippen molar-refractivity contribution in [3.63, 3.8) is 0 Å². The number of nitrogens with one attached hydrogen (secondary N) is 1. The third-order valence-corrected chi connectivity index (χ3v) is 3.31. The molecule has 0 heterocycles. The van der Waals surface area contributed by atoms with Crippen molar-refractivity contribution in [2.24, 2.45) is 11.8 Å². The predicted octanol–water partition coefficient (Wildman–Crippen LogP) is 0.936. The summed E-state index contributed by atoms with van der Waals surface area (Å²) in [6, 6.07) is 0.425. The molecular weight excluding hydrogens is 166 g/mol. The molecule has 74 valence electrons. The van der Waals surface area contributed by atoms with Crippen molar-refractivity contribution in [3.05, 3.63) is 0 Å². The molecule has 0 radical (unpaired) electrons. The van der Waals surface area contributed by atoms with E-state index in [0.717, 1.165) is 11.8 Å². The van der Waals surface area contributed by atoms with Gasteiger partial charge in [-0.25, -0.2) is 0 Å². The van der Waals surface area contributed by atoms with E-state index in [9.17, 15) is 4.79 Å². The molecule has 3 nitrogen and oxygen atoms in total. The highest BCUT2D eigenvalue weighted by Crippen LogP contribution is 2.51. The number of hydrogen-bond acceptors (Lipinski definition) is 2. The van der Waals surface area contributed by atoms with Crippen LogP contribution < -0.4 is 5.32 Å². The van der Waals surface area contributed by atoms with Crippen LogP contribution in [0.25, 0.3) is 0 Å². The van der Waals surface area contributed by atoms with E-state index in [1.165, 1.54) is 19.3 Å². The fourth-order valence-electron chi connectivity index (χ4n) is 2.26. The molecule has 2 fully saturated rings. The molecule has 0 bridgehead atoms. The average molecular weight is 183 g/mol. The van der Waals surface area contributed by atoms with Gasteiger partial charge in [-0.2, -0.15) is 0 Å². The van der Waals surface area contributed by atoms with Gasteiger partial charge in [0.2, 0.25) is 5.91 Å². The first kappa shape index (κ1) is 9.00. The summed E-state index contributed by atoms with van der Waals surface area (Å²) in [6.07, 6.45) is 3.46. The van der Waals surface area contributed by atoms with Crippen molar-refractivity contribution in [2.45, 2.75) is 38.3 Å². The van der Waals surface area contributed by atoms with Gasteiger partial charge in [-0.05, 0) is 38.0 Å². The Hall–Kier alpha value is -0.570. The molecule has 1 N–H and O–H groups in total. The van der Waals surface area contributed by atoms with E-state index < -0.39 is 0 Å². The topological polar surface area (TPSA) is 38.3 Å². The second-order valence-electron chi connectivity index (χ2n) is 4.31. The highest BCUT2D eigenvalue weighted by Gasteiger charge is 2.46. The number of rotatable bonds is 3. The van der Waals surface area contributed by atoms with Crippen molar-refractivity contribution in [1.29, 1.82) is 0 Å². The number of methoxy groups -OCH3 is 1. The van der Waals surface area contributed by atoms with Crippen molar-refractivity contribution in [3.8, 4) is 0 Å². The Bertz CT molecular complexity index is 207. The quantitative estimate of drug-likeness (QED) is 0.707. The number of hydrogen-bond donors (Lipinski definition) is 1. The predicted molar refractivity (Wildman–Crippen MR) is 49.2 cm³/mol. The van der Waals surface area contributed by atoms with Crippen LogP contribution >= 0.6 is 0 Å². The monoisotopic (exact) mass is 183 g/mol. The molecule has 3 atom stereocenters. The summed E-state index contributed by atoms with van der Waals surface area (Å²) in [5.74, 6) is 1.88. The van der Waals surface area contributed by atoms with Crippen molar-refractivity contribution in [1.82, 2.24) is 5.32 Å². The largest absolute Gasteiger partial charge is 0.372 e. The zero-order valence-corrected chi connectivity index (χ0v) is 8.25. The van der Waals surface area contributed by atoms with Crippen molar-refractivity contribution >= 4 is 5.91 Å². The van der Waals surface area contributed by atoms with Crippen molar-refractivity contribution in [2.75, 3.05) is 7.11 Å². The molecule has 1 amide bonds. The Morgan fingerprint density at radius 3 is 2.54 bits per heavy atom. The van der Waals surface area contributed by atoms with Gasteiger partial charge in [0, 0.05) is 13.2 Å². The standard InChI is InChI=1S/C10H17NO2/c1-6(13-2)10(12)11-9-4-7-3-8(7)5-9/h6-9H,3-5H2,1-2H3,(H,11,12). The summed E-state index contributed by atoms with van der Waals surface area (Å²) >= 11 is 0. The van der Waals surface area contributed by atoms with Crippen LogP contribution in [0.15, 0.2) is 0 Å². The van der Waals surface area contributed by atoms with Gasteiger partial charge in [0.25, 0.3) is 0 Å². The molecular formula is C10H17NO2. The average Bonchev–Trinajstić information content (AvgIpc) is 2.73. The third-order valence-electron chi connectivity index (χ3n) is 3.31. The fraction of sp³-hybridized carbons (Fsp3) is 0.900. The molecule has 2 aliphatic carbocycles. The Morgan fingerprint density at radius 1 is 1.38 bits per heavy atom. The third kappa shape index (κ3) is 1.85. The van der Waals surface area contributed by atoms with Crippen LogP contribution in [0.4, 0.5) is 0 Å². The second-order valence-corrected chi connectivity index (χ2v) is 4.31. The molecule has 2 rings (SSSR count). The molecule has 3 unspecified atom stereocenters. The normalized spacial score (nSPS) is 38.2. The summed E-state index contributed by atoms with van der Waals surface area (Å²) < 4.78 is 4.95. The first-order valence-corrected chi connectivity index (χ1v) is 5.04. The molecule has 2 aliphatic rings. The summed E-state index contributed by atoms with van der Waals surface area (Å²) in [5, 5.41) is 3.03. The number of ether oxygens (including phenoxy) is 1. The van der Waals surface area contributed by atoms with Crippen LogP contribution in [-0.4, -0.2) is 25.2 Å². The van der Waals surface area contributed by atoms with Crippen LogP contribution in [0.2, 0.25) is 0 Å². The molecule has 3 heteroatoms. The van der Waals surface area contributed by atoms with Gasteiger partial charge in [0.05, 0.1) is 0 Å². The van der Waals surface area contributed by atoms with Crippen LogP contribution in [0.1, 0.15) is 26.2 Å². The molecule has 2 saturated carbocycles. The van der Waals surface area contributed by atoms with Gasteiger partial charge in [0.1, 0.15) is 6.10 Å². The molecule has 0 aromatic carbocycles. The number of fused-ring (bicyclic) bond motifs is 1. The highest BCUT2D eigenvalue weighted by atomic mass is 16.5. The lowest BCUT2D eigenvalue weighted by Crippen LogP contribution is -2.40. The number of carbonyl (C=O) groups is 1. The lowest BCUT2D eigenvalue weighted by Gasteiger charge is -2.16. The molecule has 0 spiro atoms. The second kappa shape index (κ2) is 3.29. The van der Waals surface area contributed by atoms with E-state index in [2.05, 4.69) is 5.32 Å². The zero-order chi connectivity index (χ0) is 9.42. The minimum Gasteiger partial charge on any atom is -0.372 e. The van der Waals surface area contributed by atoms with Gasteiger partial charge in [0.15, 0.2) is 0 Å². The van der Waals surface area contributed by atoms with Gasteiger partial charge in [-0.15, -0.1) is 0 Å². The van der Waals surface area contributed by atoms with Crippen LogP contribution in [0.3, 0.4) is 0 Å². The Labute approximate surface area is 78.8 Å². The van der Waals surface area contributed by atoms with Crippen LogP contribution in [0.5, 0.6) is 0 Å². The maximum atomic E-state index is 11.4. The zero-order valence-electron chi connectivity index (χ0n) is 8.25. The lowest BCUT2D eigenvalue weighted by atomic mass is 10.1. The maximum absolute atomic E-state index is 11.4. The van der Waals surface area contributed by atoms with Crippen LogP contribution in [0, 0.1) is 11.8 Å². The molecule has 13 heavy (non-hydrogen) atoms. The van der Waals surface area contributed by atoms with Crippen molar-refractivity contribution < 1.29 is 9.53 Å². The Kier molecular flexibility index (Phi) is 2.28. The summed E-state index contributed by atoms with van der Waals surface area (Å²) in [5.41, 5.74) is 0. The van der Waals surface area contributed by atoms with E-state index in [0.29, 0.717) is 6.04 Å². The van der Waals surface area contributed by atoms with E-state index >= 15 is 0 Å². The van der Waals surface area contributed by atoms with E-state index in [1.807, 2.05) is 0 Å². The first-order valence-electron chi connectivity index (χ1n) is 5.04. The van der Waals surface area contributed by atoms with Gasteiger partial charge in [-0.1, -0.05) is 0 Å².